The second-order valence-corrected chi connectivity index (χ2v) is 3.11. The molecule has 0 heterocycles. The number of rotatable bonds is 1. The van der Waals surface area contributed by atoms with Crippen LogP contribution in [0.4, 0.5) is 0 Å². The van der Waals surface area contributed by atoms with Gasteiger partial charge in [0.05, 0.1) is 0 Å². The molecule has 0 aliphatic carbocycles. The summed E-state index contributed by atoms with van der Waals surface area (Å²) in [6.45, 7) is 0. The van der Waals surface area contributed by atoms with E-state index in [-0.39, 0.29) is 16.6 Å². The SMILES string of the molecule is O=P(O)(O)[O][AlH2].[O]=[Cr]. The molecule has 0 fully saturated rings. The second-order valence-electron chi connectivity index (χ2n) is 0.673. The van der Waals surface area contributed by atoms with Crippen molar-refractivity contribution in [3.8, 4) is 0 Å². The zero-order chi connectivity index (χ0) is 7.21. The first-order valence-corrected chi connectivity index (χ1v) is 4.21. The molecule has 2 N–H and O–H groups in total. The van der Waals surface area contributed by atoms with E-state index in [0.29, 0.717) is 0 Å². The van der Waals surface area contributed by atoms with Crippen molar-refractivity contribution in [3.63, 3.8) is 0 Å². The molecule has 0 saturated heterocycles. The third-order valence-corrected chi connectivity index (χ3v) is 2.14. The second kappa shape index (κ2) is 6.10. The molecule has 0 amide bonds. The number of phosphoric acid groups is 1. The predicted molar refractivity (Wildman–Crippen MR) is 22.4 cm³/mol. The van der Waals surface area contributed by atoms with Gasteiger partial charge in [-0.2, -0.15) is 0 Å². The van der Waals surface area contributed by atoms with Crippen LogP contribution in [-0.4, -0.2) is 26.4 Å². The summed E-state index contributed by atoms with van der Waals surface area (Å²) < 4.78 is 21.4. The quantitative estimate of drug-likeness (QED) is 0.393. The van der Waals surface area contributed by atoms with Crippen LogP contribution < -0.4 is 0 Å². The van der Waals surface area contributed by atoms with Gasteiger partial charge in [0.2, 0.25) is 0 Å². The molecular formula is H4AlCrO5P. The van der Waals surface area contributed by atoms with Gasteiger partial charge in [0, 0.05) is 0 Å². The summed E-state index contributed by atoms with van der Waals surface area (Å²) in [7, 11) is -4.08. The van der Waals surface area contributed by atoms with Gasteiger partial charge < -0.3 is 13.4 Å². The van der Waals surface area contributed by atoms with Crippen molar-refractivity contribution in [2.75, 3.05) is 0 Å². The van der Waals surface area contributed by atoms with Crippen molar-refractivity contribution in [2.45, 2.75) is 0 Å². The first kappa shape index (κ1) is 11.7. The van der Waals surface area contributed by atoms with Gasteiger partial charge in [-0.25, -0.2) is 4.57 Å². The normalized spacial score (nSPS) is 9.25. The Morgan fingerprint density at radius 2 is 1.62 bits per heavy atom. The van der Waals surface area contributed by atoms with Crippen molar-refractivity contribution in [3.05, 3.63) is 0 Å². The average Bonchev–Trinajstić information content (AvgIpc) is 1.71. The van der Waals surface area contributed by atoms with Crippen molar-refractivity contribution in [2.24, 2.45) is 0 Å². The van der Waals surface area contributed by atoms with Crippen molar-refractivity contribution in [1.82, 2.24) is 0 Å². The third-order valence-electron chi connectivity index (χ3n) is 0.238. The van der Waals surface area contributed by atoms with Gasteiger partial charge in [0.15, 0.2) is 0 Å². The molecule has 8 heteroatoms. The predicted octanol–water partition coefficient (Wildman–Crippen LogP) is -1.48. The number of hydrogen-bond acceptors (Lipinski definition) is 3. The van der Waals surface area contributed by atoms with E-state index in [1.165, 1.54) is 16.2 Å². The summed E-state index contributed by atoms with van der Waals surface area (Å²) in [4.78, 5) is 15.5. The molecule has 0 aromatic carbocycles. The van der Waals surface area contributed by atoms with Gasteiger partial charge >= 0.3 is 44.5 Å². The Morgan fingerprint density at radius 3 is 1.62 bits per heavy atom. The van der Waals surface area contributed by atoms with E-state index in [4.69, 9.17) is 13.6 Å². The topological polar surface area (TPSA) is 83.8 Å². The Balaban J connectivity index is 0. The fourth-order valence-electron chi connectivity index (χ4n) is 0. The van der Waals surface area contributed by atoms with Crippen LogP contribution in [0.15, 0.2) is 0 Å². The molecular weight excluding hydrogens is 190 g/mol. The van der Waals surface area contributed by atoms with E-state index < -0.39 is 7.82 Å². The molecule has 0 rings (SSSR count). The fraction of sp³-hybridized carbons (Fsp3) is 0. The molecule has 0 atom stereocenters. The molecule has 48 valence electrons. The molecule has 0 spiro atoms. The van der Waals surface area contributed by atoms with Crippen LogP contribution in [0, 0.1) is 0 Å². The average molecular weight is 194 g/mol. The summed E-state index contributed by atoms with van der Waals surface area (Å²) in [5.74, 6) is 0. The fourth-order valence-corrected chi connectivity index (χ4v) is 0. The van der Waals surface area contributed by atoms with Gasteiger partial charge in [-0.1, -0.05) is 0 Å². The summed E-state index contributed by atoms with van der Waals surface area (Å²) in [5.41, 5.74) is 0. The van der Waals surface area contributed by atoms with Gasteiger partial charge in [-0.15, -0.1) is 0 Å². The molecule has 0 saturated carbocycles. The Morgan fingerprint density at radius 1 is 1.50 bits per heavy atom. The molecule has 5 nitrogen and oxygen atoms in total. The first-order chi connectivity index (χ1) is 3.56. The monoisotopic (exact) mass is 194 g/mol. The van der Waals surface area contributed by atoms with Crippen LogP contribution >= 0.6 is 7.82 Å². The molecule has 0 aliphatic heterocycles. The number of hydrogen-bond donors (Lipinski definition) is 2. The van der Waals surface area contributed by atoms with Gasteiger partial charge in [-0.05, 0) is 0 Å². The van der Waals surface area contributed by atoms with Crippen molar-refractivity contribution >= 4 is 24.4 Å². The Kier molecular flexibility index (Phi) is 8.95. The van der Waals surface area contributed by atoms with Crippen LogP contribution in [0.2, 0.25) is 0 Å². The molecule has 8 heavy (non-hydrogen) atoms. The van der Waals surface area contributed by atoms with Crippen LogP contribution in [0.25, 0.3) is 0 Å². The maximum atomic E-state index is 9.51. The molecule has 0 unspecified atom stereocenters. The third kappa shape index (κ3) is 15.8. The van der Waals surface area contributed by atoms with E-state index in [1.807, 2.05) is 0 Å². The van der Waals surface area contributed by atoms with E-state index in [1.54, 1.807) is 0 Å². The van der Waals surface area contributed by atoms with Gasteiger partial charge in [0.1, 0.15) is 0 Å². The zero-order valence-corrected chi connectivity index (χ0v) is 8.14. The Bertz CT molecular complexity index is 86.4. The van der Waals surface area contributed by atoms with E-state index >= 15 is 0 Å². The summed E-state index contributed by atoms with van der Waals surface area (Å²) >= 11 is 1.46. The van der Waals surface area contributed by atoms with E-state index in [9.17, 15) is 4.57 Å². The Labute approximate surface area is 62.7 Å². The van der Waals surface area contributed by atoms with Crippen LogP contribution in [0.3, 0.4) is 0 Å². The van der Waals surface area contributed by atoms with Crippen molar-refractivity contribution < 1.29 is 38.0 Å². The first-order valence-electron chi connectivity index (χ1n) is 1.34. The summed E-state index contributed by atoms with van der Waals surface area (Å²) in [5, 5.41) is 0. The summed E-state index contributed by atoms with van der Waals surface area (Å²) in [6.07, 6.45) is 0. The minimum absolute atomic E-state index is 0.0849. The molecule has 0 aliphatic rings. The molecule has 0 aromatic heterocycles. The van der Waals surface area contributed by atoms with Gasteiger partial charge in [-0.3, -0.25) is 0 Å². The van der Waals surface area contributed by atoms with E-state index in [2.05, 4.69) is 3.58 Å². The standard InChI is InChI=1S/Al.Cr.H3O4P.O.2H/c;;1-5(2,3)4;;;/h;;(H3,1,2,3,4);;;/q+1;;;;;/p-1. The molecule has 0 aromatic rings. The minimum atomic E-state index is -4.08. The Hall–Kier alpha value is 0.975. The van der Waals surface area contributed by atoms with Crippen LogP contribution in [-0.2, 0) is 28.2 Å². The molecule has 0 radical (unpaired) electrons. The van der Waals surface area contributed by atoms with Crippen LogP contribution in [0.5, 0.6) is 0 Å². The van der Waals surface area contributed by atoms with Crippen molar-refractivity contribution in [1.29, 1.82) is 0 Å². The van der Waals surface area contributed by atoms with E-state index in [0.717, 1.165) is 0 Å². The molecule has 0 bridgehead atoms. The maximum absolute atomic E-state index is 9.51. The van der Waals surface area contributed by atoms with Crippen LogP contribution in [0.1, 0.15) is 0 Å². The summed E-state index contributed by atoms with van der Waals surface area (Å²) in [6, 6.07) is 0. The zero-order valence-electron chi connectivity index (χ0n) is 3.97. The van der Waals surface area contributed by atoms with Gasteiger partial charge in [0.25, 0.3) is 0 Å².